The molecule has 1 fully saturated rings. The zero-order chi connectivity index (χ0) is 21.9. The van der Waals surface area contributed by atoms with Crippen molar-refractivity contribution in [2.24, 2.45) is 0 Å². The highest BCUT2D eigenvalue weighted by molar-refractivity contribution is 5.81. The van der Waals surface area contributed by atoms with Crippen molar-refractivity contribution >= 4 is 11.0 Å². The fourth-order valence-electron chi connectivity index (χ4n) is 4.32. The van der Waals surface area contributed by atoms with Crippen LogP contribution < -0.4 is 9.47 Å². The van der Waals surface area contributed by atoms with E-state index in [1.54, 1.807) is 14.2 Å². The van der Waals surface area contributed by atoms with Gasteiger partial charge in [0.1, 0.15) is 0 Å². The van der Waals surface area contributed by atoms with Gasteiger partial charge in [-0.05, 0) is 56.3 Å². The Bertz CT molecular complexity index is 1210. The smallest absolute Gasteiger partial charge is 0.262 e. The fourth-order valence-corrected chi connectivity index (χ4v) is 4.32. The largest absolute Gasteiger partial charge is 0.493 e. The molecule has 0 spiro atoms. The number of para-hydroxylation sites is 1. The summed E-state index contributed by atoms with van der Waals surface area (Å²) in [5.41, 5.74) is 3.58. The number of rotatable bonds is 7. The monoisotopic (exact) mass is 433 g/mol. The third-order valence-electron chi connectivity index (χ3n) is 6.04. The van der Waals surface area contributed by atoms with Gasteiger partial charge >= 0.3 is 0 Å². The van der Waals surface area contributed by atoms with Gasteiger partial charge in [0, 0.05) is 18.7 Å². The van der Waals surface area contributed by atoms with E-state index in [9.17, 15) is 0 Å². The zero-order valence-corrected chi connectivity index (χ0v) is 18.5. The minimum absolute atomic E-state index is 0.378. The van der Waals surface area contributed by atoms with E-state index in [0.717, 1.165) is 29.7 Å². The van der Waals surface area contributed by atoms with Crippen LogP contribution in [0.1, 0.15) is 19.3 Å². The molecule has 0 radical (unpaired) electrons. The molecule has 8 heteroatoms. The molecule has 8 nitrogen and oxygen atoms in total. The second kappa shape index (κ2) is 9.00. The van der Waals surface area contributed by atoms with Crippen LogP contribution in [0.5, 0.6) is 11.5 Å². The molecule has 0 aliphatic carbocycles. The number of benzene rings is 2. The number of hydrogen-bond donors (Lipinski definition) is 0. The molecule has 1 aliphatic heterocycles. The van der Waals surface area contributed by atoms with Gasteiger partial charge in [-0.1, -0.05) is 17.6 Å². The van der Waals surface area contributed by atoms with Gasteiger partial charge in [-0.2, -0.15) is 4.98 Å². The maximum Gasteiger partial charge on any atom is 0.262 e. The summed E-state index contributed by atoms with van der Waals surface area (Å²) in [5.74, 6) is 2.06. The average Bonchev–Trinajstić information content (AvgIpc) is 3.50. The number of fused-ring (bicyclic) bond motifs is 1. The molecule has 0 saturated carbocycles. The minimum atomic E-state index is 0.378. The molecule has 2 aromatic heterocycles. The highest BCUT2D eigenvalue weighted by atomic mass is 16.5. The van der Waals surface area contributed by atoms with Crippen molar-refractivity contribution in [1.29, 1.82) is 0 Å². The van der Waals surface area contributed by atoms with Gasteiger partial charge in [-0.15, -0.1) is 0 Å². The van der Waals surface area contributed by atoms with E-state index in [4.69, 9.17) is 14.0 Å². The van der Waals surface area contributed by atoms with E-state index in [1.165, 1.54) is 32.4 Å². The Hall–Kier alpha value is -3.39. The summed E-state index contributed by atoms with van der Waals surface area (Å²) in [5, 5.41) is 4.18. The Balaban J connectivity index is 1.38. The van der Waals surface area contributed by atoms with Crippen molar-refractivity contribution in [3.63, 3.8) is 0 Å². The molecule has 166 valence electrons. The standard InChI is InChI=1S/C24H27N5O3/c1-30-21-8-6-7-18(22(21)31-2)24-26-23(27-32-24)17-9-10-20-19(15-17)25-16-29(20)14-13-28-11-4-3-5-12-28/h6-10,15-16H,3-5,11-14H2,1-2H3. The molecule has 4 aromatic rings. The highest BCUT2D eigenvalue weighted by Crippen LogP contribution is 2.37. The summed E-state index contributed by atoms with van der Waals surface area (Å²) >= 11 is 0. The first-order chi connectivity index (χ1) is 15.8. The topological polar surface area (TPSA) is 78.4 Å². The van der Waals surface area contributed by atoms with Crippen molar-refractivity contribution in [3.05, 3.63) is 42.7 Å². The third kappa shape index (κ3) is 3.93. The number of nitrogens with zero attached hydrogens (tertiary/aromatic N) is 5. The summed E-state index contributed by atoms with van der Waals surface area (Å²) in [6, 6.07) is 11.7. The quantitative estimate of drug-likeness (QED) is 0.431. The zero-order valence-electron chi connectivity index (χ0n) is 18.5. The van der Waals surface area contributed by atoms with Crippen molar-refractivity contribution in [1.82, 2.24) is 24.6 Å². The van der Waals surface area contributed by atoms with Gasteiger partial charge in [0.2, 0.25) is 5.82 Å². The molecule has 1 saturated heterocycles. The van der Waals surface area contributed by atoms with Crippen LogP contribution in [0.2, 0.25) is 0 Å². The van der Waals surface area contributed by atoms with Crippen LogP contribution in [-0.4, -0.2) is 58.4 Å². The molecular formula is C24H27N5O3. The van der Waals surface area contributed by atoms with Crippen LogP contribution >= 0.6 is 0 Å². The van der Waals surface area contributed by atoms with Gasteiger partial charge in [0.15, 0.2) is 11.5 Å². The number of piperidine rings is 1. The summed E-state index contributed by atoms with van der Waals surface area (Å²) in [7, 11) is 3.19. The number of imidazole rings is 1. The number of aromatic nitrogens is 4. The lowest BCUT2D eigenvalue weighted by molar-refractivity contribution is 0.221. The number of ether oxygens (including phenoxy) is 2. The average molecular weight is 434 g/mol. The predicted octanol–water partition coefficient (Wildman–Crippen LogP) is 4.26. The molecule has 0 amide bonds. The van der Waals surface area contributed by atoms with Crippen LogP contribution in [-0.2, 0) is 6.54 Å². The van der Waals surface area contributed by atoms with E-state index < -0.39 is 0 Å². The second-order valence-corrected chi connectivity index (χ2v) is 8.01. The van der Waals surface area contributed by atoms with Gasteiger partial charge in [-0.3, -0.25) is 0 Å². The molecule has 0 atom stereocenters. The Morgan fingerprint density at radius 2 is 1.88 bits per heavy atom. The van der Waals surface area contributed by atoms with E-state index in [1.807, 2.05) is 36.7 Å². The summed E-state index contributed by atoms with van der Waals surface area (Å²) in [6.45, 7) is 4.41. The van der Waals surface area contributed by atoms with E-state index in [-0.39, 0.29) is 0 Å². The Morgan fingerprint density at radius 3 is 2.69 bits per heavy atom. The van der Waals surface area contributed by atoms with E-state index in [0.29, 0.717) is 28.8 Å². The van der Waals surface area contributed by atoms with Crippen molar-refractivity contribution in [3.8, 4) is 34.3 Å². The van der Waals surface area contributed by atoms with Crippen LogP contribution in [0.15, 0.2) is 47.2 Å². The van der Waals surface area contributed by atoms with Crippen LogP contribution in [0, 0.1) is 0 Å². The molecular weight excluding hydrogens is 406 g/mol. The maximum atomic E-state index is 5.54. The lowest BCUT2D eigenvalue weighted by atomic mass is 10.1. The number of hydrogen-bond acceptors (Lipinski definition) is 7. The third-order valence-corrected chi connectivity index (χ3v) is 6.04. The summed E-state index contributed by atoms with van der Waals surface area (Å²) in [4.78, 5) is 11.7. The van der Waals surface area contributed by atoms with E-state index >= 15 is 0 Å². The minimum Gasteiger partial charge on any atom is -0.493 e. The van der Waals surface area contributed by atoms with Gasteiger partial charge in [0.05, 0.1) is 37.1 Å². The summed E-state index contributed by atoms with van der Waals surface area (Å²) in [6.07, 6.45) is 5.89. The fraction of sp³-hybridized carbons (Fsp3) is 0.375. The lowest BCUT2D eigenvalue weighted by Crippen LogP contribution is -2.32. The molecule has 2 aromatic carbocycles. The molecule has 3 heterocycles. The normalized spacial score (nSPS) is 14.7. The molecule has 0 bridgehead atoms. The Labute approximate surface area is 186 Å². The molecule has 0 unspecified atom stereocenters. The molecule has 1 aliphatic rings. The molecule has 5 rings (SSSR count). The first kappa shape index (κ1) is 20.5. The van der Waals surface area contributed by atoms with Crippen molar-refractivity contribution in [2.75, 3.05) is 33.9 Å². The van der Waals surface area contributed by atoms with Crippen LogP contribution in [0.3, 0.4) is 0 Å². The second-order valence-electron chi connectivity index (χ2n) is 8.01. The van der Waals surface area contributed by atoms with Crippen molar-refractivity contribution in [2.45, 2.75) is 25.8 Å². The first-order valence-electron chi connectivity index (χ1n) is 11.0. The Morgan fingerprint density at radius 1 is 1.00 bits per heavy atom. The van der Waals surface area contributed by atoms with Crippen molar-refractivity contribution < 1.29 is 14.0 Å². The van der Waals surface area contributed by atoms with E-state index in [2.05, 4.69) is 30.7 Å². The Kier molecular flexibility index (Phi) is 5.77. The van der Waals surface area contributed by atoms with Gasteiger partial charge in [-0.25, -0.2) is 4.98 Å². The van der Waals surface area contributed by atoms with Crippen LogP contribution in [0.4, 0.5) is 0 Å². The predicted molar refractivity (Wildman–Crippen MR) is 122 cm³/mol. The number of methoxy groups -OCH3 is 2. The maximum absolute atomic E-state index is 5.54. The number of likely N-dealkylation sites (tertiary alicyclic amines) is 1. The molecule has 0 N–H and O–H groups in total. The van der Waals surface area contributed by atoms with Crippen LogP contribution in [0.25, 0.3) is 33.9 Å². The highest BCUT2D eigenvalue weighted by Gasteiger charge is 2.18. The summed E-state index contributed by atoms with van der Waals surface area (Å²) < 4.78 is 18.6. The SMILES string of the molecule is COc1cccc(-c2nc(-c3ccc4c(c3)ncn4CCN3CCCCC3)no2)c1OC. The molecule has 32 heavy (non-hydrogen) atoms. The van der Waals surface area contributed by atoms with Gasteiger partial charge in [0.25, 0.3) is 5.89 Å². The van der Waals surface area contributed by atoms with Gasteiger partial charge < -0.3 is 23.5 Å². The first-order valence-corrected chi connectivity index (χ1v) is 11.0. The lowest BCUT2D eigenvalue weighted by Gasteiger charge is -2.26.